The SMILES string of the molecule is CCC1COCCN1c1ccc(C(N)=S)c(Br)c1. The van der Waals surface area contributed by atoms with Gasteiger partial charge in [-0.25, -0.2) is 0 Å². The molecular weight excluding hydrogens is 312 g/mol. The van der Waals surface area contributed by atoms with E-state index in [0.29, 0.717) is 11.0 Å². The monoisotopic (exact) mass is 328 g/mol. The summed E-state index contributed by atoms with van der Waals surface area (Å²) in [5.74, 6) is 0. The first-order valence-electron chi connectivity index (χ1n) is 6.07. The van der Waals surface area contributed by atoms with Gasteiger partial charge in [-0.15, -0.1) is 0 Å². The Hall–Kier alpha value is -0.650. The smallest absolute Gasteiger partial charge is 0.105 e. The van der Waals surface area contributed by atoms with E-state index >= 15 is 0 Å². The molecule has 0 aromatic heterocycles. The molecule has 98 valence electrons. The van der Waals surface area contributed by atoms with Crippen LogP contribution in [0.3, 0.4) is 0 Å². The Labute approximate surface area is 121 Å². The number of nitrogens with zero attached hydrogens (tertiary/aromatic N) is 1. The Bertz CT molecular complexity index is 453. The van der Waals surface area contributed by atoms with E-state index in [1.165, 1.54) is 5.69 Å². The van der Waals surface area contributed by atoms with Crippen molar-refractivity contribution in [1.82, 2.24) is 0 Å². The fourth-order valence-corrected chi connectivity index (χ4v) is 3.10. The summed E-state index contributed by atoms with van der Waals surface area (Å²) in [5.41, 5.74) is 7.74. The summed E-state index contributed by atoms with van der Waals surface area (Å²) in [5, 5.41) is 0. The molecule has 1 aromatic carbocycles. The number of morpholine rings is 1. The van der Waals surface area contributed by atoms with Crippen LogP contribution >= 0.6 is 28.1 Å². The number of ether oxygens (including phenoxy) is 1. The summed E-state index contributed by atoms with van der Waals surface area (Å²) in [7, 11) is 0. The van der Waals surface area contributed by atoms with Crippen molar-refractivity contribution in [3.8, 4) is 0 Å². The van der Waals surface area contributed by atoms with Crippen LogP contribution in [0, 0.1) is 0 Å². The quantitative estimate of drug-likeness (QED) is 0.866. The molecule has 1 aliphatic rings. The minimum atomic E-state index is 0.419. The molecule has 0 aliphatic carbocycles. The molecule has 0 bridgehead atoms. The van der Waals surface area contributed by atoms with Crippen molar-refractivity contribution in [3.05, 3.63) is 28.2 Å². The fourth-order valence-electron chi connectivity index (χ4n) is 2.22. The van der Waals surface area contributed by atoms with Gasteiger partial charge in [0.25, 0.3) is 0 Å². The third kappa shape index (κ3) is 2.84. The Morgan fingerprint density at radius 3 is 3.00 bits per heavy atom. The number of thiocarbonyl (C=S) groups is 1. The Morgan fingerprint density at radius 2 is 2.39 bits per heavy atom. The van der Waals surface area contributed by atoms with Gasteiger partial charge in [0.2, 0.25) is 0 Å². The highest BCUT2D eigenvalue weighted by molar-refractivity contribution is 9.10. The summed E-state index contributed by atoms with van der Waals surface area (Å²) >= 11 is 8.54. The Morgan fingerprint density at radius 1 is 1.61 bits per heavy atom. The highest BCUT2D eigenvalue weighted by Crippen LogP contribution is 2.27. The second-order valence-electron chi connectivity index (χ2n) is 4.36. The number of hydrogen-bond donors (Lipinski definition) is 1. The van der Waals surface area contributed by atoms with E-state index in [-0.39, 0.29) is 0 Å². The number of hydrogen-bond acceptors (Lipinski definition) is 3. The normalized spacial score (nSPS) is 19.9. The van der Waals surface area contributed by atoms with Gasteiger partial charge in [0.15, 0.2) is 0 Å². The van der Waals surface area contributed by atoms with Crippen molar-refractivity contribution in [2.75, 3.05) is 24.7 Å². The van der Waals surface area contributed by atoms with Gasteiger partial charge < -0.3 is 15.4 Å². The van der Waals surface area contributed by atoms with Gasteiger partial charge in [0, 0.05) is 22.3 Å². The molecule has 1 heterocycles. The molecule has 5 heteroatoms. The molecule has 1 fully saturated rings. The van der Waals surface area contributed by atoms with Crippen molar-refractivity contribution in [2.24, 2.45) is 5.73 Å². The summed E-state index contributed by atoms with van der Waals surface area (Å²) in [6, 6.07) is 6.58. The predicted molar refractivity (Wildman–Crippen MR) is 82.3 cm³/mol. The van der Waals surface area contributed by atoms with Crippen molar-refractivity contribution >= 4 is 38.8 Å². The Balaban J connectivity index is 2.27. The number of benzene rings is 1. The minimum Gasteiger partial charge on any atom is -0.389 e. The highest BCUT2D eigenvalue weighted by atomic mass is 79.9. The van der Waals surface area contributed by atoms with Crippen LogP contribution in [0.5, 0.6) is 0 Å². The summed E-state index contributed by atoms with van der Waals surface area (Å²) in [6.07, 6.45) is 1.08. The molecule has 2 N–H and O–H groups in total. The van der Waals surface area contributed by atoms with Crippen LogP contribution in [0.2, 0.25) is 0 Å². The lowest BCUT2D eigenvalue weighted by molar-refractivity contribution is 0.0930. The third-order valence-corrected chi connectivity index (χ3v) is 4.12. The van der Waals surface area contributed by atoms with Crippen molar-refractivity contribution < 1.29 is 4.74 Å². The van der Waals surface area contributed by atoms with E-state index in [1.54, 1.807) is 0 Å². The first-order valence-corrected chi connectivity index (χ1v) is 7.27. The third-order valence-electron chi connectivity index (χ3n) is 3.25. The minimum absolute atomic E-state index is 0.419. The number of rotatable bonds is 3. The van der Waals surface area contributed by atoms with E-state index < -0.39 is 0 Å². The first-order chi connectivity index (χ1) is 8.63. The summed E-state index contributed by atoms with van der Waals surface area (Å²) < 4.78 is 6.48. The van der Waals surface area contributed by atoms with Gasteiger partial charge in [0.1, 0.15) is 4.99 Å². The standard InChI is InChI=1S/C13H17BrN2OS/c1-2-9-8-17-6-5-16(9)10-3-4-11(13(15)18)12(14)7-10/h3-4,7,9H,2,5-6,8H2,1H3,(H2,15,18). The van der Waals surface area contributed by atoms with Gasteiger partial charge in [-0.1, -0.05) is 19.1 Å². The maximum Gasteiger partial charge on any atom is 0.105 e. The molecule has 1 atom stereocenters. The van der Waals surface area contributed by atoms with E-state index in [0.717, 1.165) is 36.2 Å². The zero-order valence-electron chi connectivity index (χ0n) is 10.4. The maximum absolute atomic E-state index is 5.66. The summed E-state index contributed by atoms with van der Waals surface area (Å²) in [4.78, 5) is 2.81. The largest absolute Gasteiger partial charge is 0.389 e. The average molecular weight is 329 g/mol. The molecule has 2 rings (SSSR count). The lowest BCUT2D eigenvalue weighted by Crippen LogP contribution is -2.45. The van der Waals surface area contributed by atoms with Crippen LogP contribution in [0.15, 0.2) is 22.7 Å². The van der Waals surface area contributed by atoms with E-state index in [4.69, 9.17) is 22.7 Å². The highest BCUT2D eigenvalue weighted by Gasteiger charge is 2.22. The van der Waals surface area contributed by atoms with E-state index in [1.807, 2.05) is 6.07 Å². The van der Waals surface area contributed by atoms with Gasteiger partial charge in [-0.2, -0.15) is 0 Å². The van der Waals surface area contributed by atoms with Crippen molar-refractivity contribution in [1.29, 1.82) is 0 Å². The van der Waals surface area contributed by atoms with Gasteiger partial charge in [-0.05, 0) is 40.5 Å². The molecule has 18 heavy (non-hydrogen) atoms. The predicted octanol–water partition coefficient (Wildman–Crippen LogP) is 2.70. The average Bonchev–Trinajstić information content (AvgIpc) is 2.38. The molecule has 1 aliphatic heterocycles. The van der Waals surface area contributed by atoms with Crippen LogP contribution in [-0.2, 0) is 4.74 Å². The number of halogens is 1. The maximum atomic E-state index is 5.66. The van der Waals surface area contributed by atoms with Crippen LogP contribution < -0.4 is 10.6 Å². The number of nitrogens with two attached hydrogens (primary N) is 1. The molecule has 0 radical (unpaired) electrons. The lowest BCUT2D eigenvalue weighted by Gasteiger charge is -2.37. The zero-order valence-corrected chi connectivity index (χ0v) is 12.8. The van der Waals surface area contributed by atoms with Crippen molar-refractivity contribution in [3.63, 3.8) is 0 Å². The van der Waals surface area contributed by atoms with Crippen LogP contribution in [0.4, 0.5) is 5.69 Å². The second kappa shape index (κ2) is 5.99. The van der Waals surface area contributed by atoms with Crippen LogP contribution in [0.25, 0.3) is 0 Å². The molecule has 0 spiro atoms. The first kappa shape index (κ1) is 13.8. The molecule has 0 saturated carbocycles. The fraction of sp³-hybridized carbons (Fsp3) is 0.462. The topological polar surface area (TPSA) is 38.5 Å². The molecule has 1 unspecified atom stereocenters. The molecule has 3 nitrogen and oxygen atoms in total. The van der Waals surface area contributed by atoms with Crippen LogP contribution in [-0.4, -0.2) is 30.8 Å². The summed E-state index contributed by atoms with van der Waals surface area (Å²) in [6.45, 7) is 4.69. The molecule has 1 aromatic rings. The van der Waals surface area contributed by atoms with Gasteiger partial charge in [-0.3, -0.25) is 0 Å². The van der Waals surface area contributed by atoms with Crippen molar-refractivity contribution in [2.45, 2.75) is 19.4 Å². The van der Waals surface area contributed by atoms with E-state index in [2.05, 4.69) is 39.9 Å². The second-order valence-corrected chi connectivity index (χ2v) is 5.65. The van der Waals surface area contributed by atoms with Gasteiger partial charge >= 0.3 is 0 Å². The van der Waals surface area contributed by atoms with E-state index in [9.17, 15) is 0 Å². The molecule has 0 amide bonds. The lowest BCUT2D eigenvalue weighted by atomic mass is 10.1. The molecular formula is C13H17BrN2OS. The van der Waals surface area contributed by atoms with Gasteiger partial charge in [0.05, 0.1) is 19.3 Å². The number of anilines is 1. The van der Waals surface area contributed by atoms with Crippen LogP contribution in [0.1, 0.15) is 18.9 Å². The molecule has 1 saturated heterocycles. The Kier molecular flexibility index (Phi) is 4.59. The zero-order chi connectivity index (χ0) is 13.1.